The summed E-state index contributed by atoms with van der Waals surface area (Å²) in [5.41, 5.74) is 4.60. The van der Waals surface area contributed by atoms with Crippen molar-refractivity contribution in [2.75, 3.05) is 18.2 Å². The van der Waals surface area contributed by atoms with Gasteiger partial charge in [-0.15, -0.1) is 11.8 Å². The molecule has 0 saturated carbocycles. The number of nitriles is 1. The molecule has 1 aliphatic carbocycles. The lowest BCUT2D eigenvalue weighted by Crippen LogP contribution is -2.14. The minimum absolute atomic E-state index is 0.431. The summed E-state index contributed by atoms with van der Waals surface area (Å²) >= 11 is 1.83. The molecule has 106 valence electrons. The van der Waals surface area contributed by atoms with Gasteiger partial charge >= 0.3 is 0 Å². The number of hydrogen-bond acceptors (Lipinski definition) is 4. The van der Waals surface area contributed by atoms with Crippen LogP contribution in [0.25, 0.3) is 0 Å². The van der Waals surface area contributed by atoms with Gasteiger partial charge in [0.1, 0.15) is 0 Å². The quantitative estimate of drug-likeness (QED) is 0.887. The number of para-hydroxylation sites is 1. The maximum atomic E-state index is 9.02. The molecule has 2 aliphatic rings. The average Bonchev–Trinajstić information content (AvgIpc) is 2.55. The number of ether oxygens (including phenoxy) is 1. The van der Waals surface area contributed by atoms with Crippen molar-refractivity contribution < 1.29 is 4.74 Å². The van der Waals surface area contributed by atoms with Crippen molar-refractivity contribution in [1.29, 1.82) is 5.26 Å². The van der Waals surface area contributed by atoms with Crippen LogP contribution in [-0.2, 0) is 4.74 Å². The molecule has 0 unspecified atom stereocenters. The molecule has 0 radical (unpaired) electrons. The Morgan fingerprint density at radius 2 is 2.19 bits per heavy atom. The van der Waals surface area contributed by atoms with Crippen LogP contribution in [-0.4, -0.2) is 12.9 Å². The second-order valence-electron chi connectivity index (χ2n) is 4.91. The number of nitrogens with zero attached hydrogens (tertiary/aromatic N) is 1. The molecule has 21 heavy (non-hydrogen) atoms. The molecule has 1 aromatic rings. The highest BCUT2D eigenvalue weighted by Crippen LogP contribution is 2.38. The van der Waals surface area contributed by atoms with E-state index in [0.29, 0.717) is 6.42 Å². The van der Waals surface area contributed by atoms with Gasteiger partial charge in [-0.25, -0.2) is 0 Å². The molecule has 3 nitrogen and oxygen atoms in total. The molecular weight excluding hydrogens is 280 g/mol. The summed E-state index contributed by atoms with van der Waals surface area (Å²) in [6.45, 7) is 0. The molecule has 0 aromatic heterocycles. The van der Waals surface area contributed by atoms with Gasteiger partial charge in [-0.05, 0) is 29.4 Å². The monoisotopic (exact) mass is 296 g/mol. The smallest absolute Gasteiger partial charge is 0.1000 e. The van der Waals surface area contributed by atoms with E-state index >= 15 is 0 Å². The first-order valence-corrected chi connectivity index (χ1v) is 7.82. The molecule has 3 rings (SSSR count). The predicted molar refractivity (Wildman–Crippen MR) is 85.8 cm³/mol. The van der Waals surface area contributed by atoms with Crippen molar-refractivity contribution in [1.82, 2.24) is 0 Å². The Labute approximate surface area is 129 Å². The van der Waals surface area contributed by atoms with Crippen LogP contribution in [0, 0.1) is 11.3 Å². The Hall–Kier alpha value is -2.12. The standard InChI is InChI=1S/C17H16N2OS/c1-20-13-7-6-12(8-9-18)14(10-13)16-11-21-17-5-3-2-4-15(17)19-16/h2-7,19H,8,10-11H2,1H3. The predicted octanol–water partition coefficient (Wildman–Crippen LogP) is 4.23. The van der Waals surface area contributed by atoms with Gasteiger partial charge in [0.15, 0.2) is 0 Å². The van der Waals surface area contributed by atoms with Crippen LogP contribution in [0.5, 0.6) is 0 Å². The van der Waals surface area contributed by atoms with E-state index in [1.54, 1.807) is 7.11 Å². The number of benzene rings is 1. The number of anilines is 1. The van der Waals surface area contributed by atoms with Gasteiger partial charge in [0, 0.05) is 22.8 Å². The first-order valence-electron chi connectivity index (χ1n) is 6.83. The largest absolute Gasteiger partial charge is 0.501 e. The fourth-order valence-corrected chi connectivity index (χ4v) is 3.53. The molecular formula is C17H16N2OS. The van der Waals surface area contributed by atoms with E-state index in [-0.39, 0.29) is 0 Å². The van der Waals surface area contributed by atoms with Crippen LogP contribution in [0.15, 0.2) is 63.9 Å². The summed E-state index contributed by atoms with van der Waals surface area (Å²) in [5.74, 6) is 1.83. The second-order valence-corrected chi connectivity index (χ2v) is 5.92. The molecule has 0 amide bonds. The van der Waals surface area contributed by atoms with Crippen molar-refractivity contribution in [3.63, 3.8) is 0 Å². The zero-order chi connectivity index (χ0) is 14.7. The highest BCUT2D eigenvalue weighted by molar-refractivity contribution is 7.99. The molecule has 4 heteroatoms. The Balaban J connectivity index is 1.96. The van der Waals surface area contributed by atoms with Crippen molar-refractivity contribution in [3.05, 3.63) is 59.0 Å². The summed E-state index contributed by atoms with van der Waals surface area (Å²) in [5, 5.41) is 12.6. The fraction of sp³-hybridized carbons (Fsp3) is 0.235. The van der Waals surface area contributed by atoms with Crippen molar-refractivity contribution in [3.8, 4) is 6.07 Å². The molecule has 0 spiro atoms. The number of fused-ring (bicyclic) bond motifs is 1. The zero-order valence-corrected chi connectivity index (χ0v) is 12.7. The molecule has 0 atom stereocenters. The summed E-state index contributed by atoms with van der Waals surface area (Å²) in [4.78, 5) is 1.27. The van der Waals surface area contributed by atoms with Crippen molar-refractivity contribution >= 4 is 17.4 Å². The van der Waals surface area contributed by atoms with Gasteiger partial charge in [0.25, 0.3) is 0 Å². The molecule has 0 bridgehead atoms. The van der Waals surface area contributed by atoms with Gasteiger partial charge in [-0.2, -0.15) is 5.26 Å². The van der Waals surface area contributed by atoms with Crippen LogP contribution < -0.4 is 5.32 Å². The number of thioether (sulfide) groups is 1. The maximum Gasteiger partial charge on any atom is 0.1000 e. The highest BCUT2D eigenvalue weighted by atomic mass is 32.2. The van der Waals surface area contributed by atoms with Gasteiger partial charge in [0.2, 0.25) is 0 Å². The summed E-state index contributed by atoms with van der Waals surface area (Å²) in [6, 6.07) is 10.6. The van der Waals surface area contributed by atoms with E-state index in [2.05, 4.69) is 29.6 Å². The van der Waals surface area contributed by atoms with Crippen LogP contribution in [0.1, 0.15) is 12.8 Å². The Morgan fingerprint density at radius 1 is 1.33 bits per heavy atom. The number of rotatable bonds is 2. The van der Waals surface area contributed by atoms with Crippen LogP contribution in [0.4, 0.5) is 5.69 Å². The molecule has 0 saturated heterocycles. The number of methoxy groups -OCH3 is 1. The van der Waals surface area contributed by atoms with Gasteiger partial charge < -0.3 is 10.1 Å². The molecule has 1 N–H and O–H groups in total. The highest BCUT2D eigenvalue weighted by Gasteiger charge is 2.21. The lowest BCUT2D eigenvalue weighted by Gasteiger charge is -2.26. The molecule has 1 heterocycles. The van der Waals surface area contributed by atoms with Crippen LogP contribution >= 0.6 is 11.8 Å². The Morgan fingerprint density at radius 3 is 3.00 bits per heavy atom. The molecule has 1 aromatic carbocycles. The third-order valence-electron chi connectivity index (χ3n) is 3.65. The maximum absolute atomic E-state index is 9.02. The van der Waals surface area contributed by atoms with E-state index in [1.807, 2.05) is 30.0 Å². The first kappa shape index (κ1) is 13.8. The SMILES string of the molecule is COC1=CC=C(CC#N)C(=C2CSc3ccccc3N2)C1. The van der Waals surface area contributed by atoms with Crippen LogP contribution in [0.3, 0.4) is 0 Å². The van der Waals surface area contributed by atoms with Crippen molar-refractivity contribution in [2.24, 2.45) is 0 Å². The van der Waals surface area contributed by atoms with Gasteiger partial charge in [-0.1, -0.05) is 18.2 Å². The summed E-state index contributed by atoms with van der Waals surface area (Å²) in [6.07, 6.45) is 5.14. The normalized spacial score (nSPS) is 20.6. The zero-order valence-electron chi connectivity index (χ0n) is 11.8. The van der Waals surface area contributed by atoms with Gasteiger partial charge in [-0.3, -0.25) is 0 Å². The summed E-state index contributed by atoms with van der Waals surface area (Å²) < 4.78 is 5.37. The average molecular weight is 296 g/mol. The Kier molecular flexibility index (Phi) is 4.03. The third kappa shape index (κ3) is 2.84. The van der Waals surface area contributed by atoms with E-state index in [9.17, 15) is 0 Å². The second kappa shape index (κ2) is 6.11. The van der Waals surface area contributed by atoms with Gasteiger partial charge in [0.05, 0.1) is 31.0 Å². The number of hydrogen-bond donors (Lipinski definition) is 1. The fourth-order valence-electron chi connectivity index (χ4n) is 2.54. The molecule has 0 fully saturated rings. The third-order valence-corrected chi connectivity index (χ3v) is 4.75. The first-order chi connectivity index (χ1) is 10.3. The minimum atomic E-state index is 0.431. The van der Waals surface area contributed by atoms with E-state index in [1.165, 1.54) is 16.2 Å². The van der Waals surface area contributed by atoms with Crippen molar-refractivity contribution in [2.45, 2.75) is 17.7 Å². The van der Waals surface area contributed by atoms with E-state index < -0.39 is 0 Å². The number of nitrogens with one attached hydrogen (secondary N) is 1. The van der Waals surface area contributed by atoms with E-state index in [0.717, 1.165) is 29.2 Å². The lowest BCUT2D eigenvalue weighted by molar-refractivity contribution is 0.282. The van der Waals surface area contributed by atoms with Crippen LogP contribution in [0.2, 0.25) is 0 Å². The topological polar surface area (TPSA) is 45.0 Å². The molecule has 1 aliphatic heterocycles. The lowest BCUT2D eigenvalue weighted by atomic mass is 9.93. The van der Waals surface area contributed by atoms with E-state index in [4.69, 9.17) is 10.00 Å². The minimum Gasteiger partial charge on any atom is -0.501 e. The summed E-state index contributed by atoms with van der Waals surface area (Å²) in [7, 11) is 1.69. The Bertz CT molecular complexity index is 695. The number of allylic oxidation sites excluding steroid dienone is 4.